The van der Waals surface area contributed by atoms with E-state index in [-0.39, 0.29) is 22.9 Å². The van der Waals surface area contributed by atoms with Crippen molar-refractivity contribution in [2.24, 2.45) is 0 Å². The average molecular weight is 376 g/mol. The lowest BCUT2D eigenvalue weighted by atomic mass is 10.2. The molecule has 0 aliphatic rings. The summed E-state index contributed by atoms with van der Waals surface area (Å²) < 4.78 is 25.1. The van der Waals surface area contributed by atoms with Gasteiger partial charge in [0.05, 0.1) is 11.4 Å². The molecule has 9 heteroatoms. The molecule has 0 bridgehead atoms. The Labute approximate surface area is 152 Å². The van der Waals surface area contributed by atoms with Gasteiger partial charge in [0.2, 0.25) is 15.9 Å². The molecule has 2 amide bonds. The van der Waals surface area contributed by atoms with Gasteiger partial charge in [-0.3, -0.25) is 14.6 Å². The number of amides is 2. The third kappa shape index (κ3) is 5.11. The van der Waals surface area contributed by atoms with Crippen LogP contribution in [0, 0.1) is 0 Å². The fourth-order valence-electron chi connectivity index (χ4n) is 2.02. The van der Waals surface area contributed by atoms with Gasteiger partial charge in [0.1, 0.15) is 0 Å². The first-order valence-electron chi connectivity index (χ1n) is 7.77. The highest BCUT2D eigenvalue weighted by Gasteiger charge is 2.17. The predicted molar refractivity (Wildman–Crippen MR) is 95.7 cm³/mol. The average Bonchev–Trinajstić information content (AvgIpc) is 2.65. The lowest BCUT2D eigenvalue weighted by Crippen LogP contribution is -2.36. The summed E-state index contributed by atoms with van der Waals surface area (Å²) >= 11 is 0. The number of hydrogen-bond donors (Lipinski definition) is 2. The second-order valence-corrected chi connectivity index (χ2v) is 7.78. The number of carbonyl (C=O) groups excluding carboxylic acids is 2. The number of nitrogens with zero attached hydrogens (tertiary/aromatic N) is 2. The van der Waals surface area contributed by atoms with Crippen molar-refractivity contribution in [1.82, 2.24) is 19.9 Å². The second-order valence-electron chi connectivity index (χ2n) is 5.63. The second kappa shape index (κ2) is 8.54. The van der Waals surface area contributed by atoms with Crippen molar-refractivity contribution in [3.05, 3.63) is 59.9 Å². The van der Waals surface area contributed by atoms with Gasteiger partial charge < -0.3 is 10.6 Å². The third-order valence-electron chi connectivity index (χ3n) is 3.54. The van der Waals surface area contributed by atoms with Crippen LogP contribution < -0.4 is 10.6 Å². The van der Waals surface area contributed by atoms with E-state index in [1.54, 1.807) is 24.5 Å². The Morgan fingerprint density at radius 3 is 2.19 bits per heavy atom. The van der Waals surface area contributed by atoms with Gasteiger partial charge in [-0.2, -0.15) is 0 Å². The number of benzene rings is 1. The van der Waals surface area contributed by atoms with Crippen molar-refractivity contribution >= 4 is 21.8 Å². The van der Waals surface area contributed by atoms with Crippen LogP contribution in [0.4, 0.5) is 0 Å². The minimum Gasteiger partial charge on any atom is -0.350 e. The molecule has 0 unspecified atom stereocenters. The number of rotatable bonds is 7. The number of hydrogen-bond acceptors (Lipinski definition) is 5. The van der Waals surface area contributed by atoms with Crippen LogP contribution >= 0.6 is 0 Å². The normalized spacial score (nSPS) is 11.2. The molecule has 1 heterocycles. The molecular weight excluding hydrogens is 356 g/mol. The number of aromatic nitrogens is 1. The molecule has 0 aliphatic heterocycles. The van der Waals surface area contributed by atoms with Crippen LogP contribution in [0.15, 0.2) is 53.7 Å². The number of carbonyl (C=O) groups is 2. The Morgan fingerprint density at radius 2 is 1.62 bits per heavy atom. The summed E-state index contributed by atoms with van der Waals surface area (Å²) in [4.78, 5) is 27.8. The van der Waals surface area contributed by atoms with E-state index >= 15 is 0 Å². The molecule has 2 rings (SSSR count). The molecule has 2 N–H and O–H groups in total. The molecule has 0 spiro atoms. The topological polar surface area (TPSA) is 108 Å². The maximum atomic E-state index is 12.1. The zero-order valence-corrected chi connectivity index (χ0v) is 15.3. The van der Waals surface area contributed by atoms with Gasteiger partial charge in [-0.25, -0.2) is 12.7 Å². The van der Waals surface area contributed by atoms with Crippen molar-refractivity contribution in [3.63, 3.8) is 0 Å². The molecule has 8 nitrogen and oxygen atoms in total. The fraction of sp³-hybridized carbons (Fsp3) is 0.235. The van der Waals surface area contributed by atoms with Crippen LogP contribution in [-0.2, 0) is 21.4 Å². The minimum absolute atomic E-state index is 0.0918. The quantitative estimate of drug-likeness (QED) is 0.726. The van der Waals surface area contributed by atoms with Gasteiger partial charge in [-0.15, -0.1) is 0 Å². The Kier molecular flexibility index (Phi) is 6.42. The highest BCUT2D eigenvalue weighted by molar-refractivity contribution is 7.89. The number of nitrogens with one attached hydrogen (secondary N) is 2. The lowest BCUT2D eigenvalue weighted by molar-refractivity contribution is -0.120. The minimum atomic E-state index is -3.55. The van der Waals surface area contributed by atoms with E-state index < -0.39 is 15.9 Å². The van der Waals surface area contributed by atoms with Gasteiger partial charge in [0.15, 0.2) is 0 Å². The zero-order valence-electron chi connectivity index (χ0n) is 14.5. The molecule has 2 aromatic rings. The molecule has 1 aromatic carbocycles. The van der Waals surface area contributed by atoms with Crippen molar-refractivity contribution in [1.29, 1.82) is 0 Å². The molecular formula is C17H20N4O4S. The predicted octanol–water partition coefficient (Wildman–Crippen LogP) is 0.378. The van der Waals surface area contributed by atoms with Crippen LogP contribution in [0.3, 0.4) is 0 Å². The van der Waals surface area contributed by atoms with Gasteiger partial charge in [-0.1, -0.05) is 0 Å². The Hall–Kier alpha value is -2.78. The Balaban J connectivity index is 1.87. The van der Waals surface area contributed by atoms with Crippen LogP contribution in [0.5, 0.6) is 0 Å². The zero-order chi connectivity index (χ0) is 19.2. The summed E-state index contributed by atoms with van der Waals surface area (Å²) in [6, 6.07) is 9.08. The van der Waals surface area contributed by atoms with E-state index in [4.69, 9.17) is 0 Å². The van der Waals surface area contributed by atoms with Gasteiger partial charge >= 0.3 is 0 Å². The molecule has 138 valence electrons. The first-order valence-corrected chi connectivity index (χ1v) is 9.21. The van der Waals surface area contributed by atoms with Crippen LogP contribution in [-0.4, -0.2) is 50.2 Å². The van der Waals surface area contributed by atoms with Gasteiger partial charge in [0.25, 0.3) is 5.91 Å². The lowest BCUT2D eigenvalue weighted by Gasteiger charge is -2.11. The molecule has 0 saturated carbocycles. The molecule has 1 aromatic heterocycles. The van der Waals surface area contributed by atoms with E-state index in [0.29, 0.717) is 6.54 Å². The van der Waals surface area contributed by atoms with E-state index in [1.807, 2.05) is 0 Å². The molecule has 0 radical (unpaired) electrons. The monoisotopic (exact) mass is 376 g/mol. The maximum Gasteiger partial charge on any atom is 0.251 e. The first-order chi connectivity index (χ1) is 12.3. The fourth-order valence-corrected chi connectivity index (χ4v) is 2.92. The number of sulfonamides is 1. The van der Waals surface area contributed by atoms with Crippen molar-refractivity contribution in [3.8, 4) is 0 Å². The summed E-state index contributed by atoms with van der Waals surface area (Å²) in [5, 5.41) is 5.17. The maximum absolute atomic E-state index is 12.1. The Bertz CT molecular complexity index is 865. The van der Waals surface area contributed by atoms with E-state index in [0.717, 1.165) is 9.87 Å². The van der Waals surface area contributed by atoms with Crippen LogP contribution in [0.1, 0.15) is 15.9 Å². The summed E-state index contributed by atoms with van der Waals surface area (Å²) in [5.41, 5.74) is 1.17. The SMILES string of the molecule is CN(C)S(=O)(=O)c1ccc(C(=O)NCC(=O)NCc2ccncc2)cc1. The largest absolute Gasteiger partial charge is 0.350 e. The molecule has 26 heavy (non-hydrogen) atoms. The summed E-state index contributed by atoms with van der Waals surface area (Å²) in [7, 11) is -0.684. The van der Waals surface area contributed by atoms with Crippen LogP contribution in [0.2, 0.25) is 0 Å². The number of pyridine rings is 1. The van der Waals surface area contributed by atoms with Crippen molar-refractivity contribution < 1.29 is 18.0 Å². The molecule has 0 saturated heterocycles. The van der Waals surface area contributed by atoms with E-state index in [9.17, 15) is 18.0 Å². The van der Waals surface area contributed by atoms with Gasteiger partial charge in [-0.05, 0) is 42.0 Å². The standard InChI is InChI=1S/C17H20N4O4S/c1-21(2)26(24,25)15-5-3-14(4-6-15)17(23)20-12-16(22)19-11-13-7-9-18-10-8-13/h3-10H,11-12H2,1-2H3,(H,19,22)(H,20,23). The van der Waals surface area contributed by atoms with Crippen LogP contribution in [0.25, 0.3) is 0 Å². The van der Waals surface area contributed by atoms with Gasteiger partial charge in [0, 0.05) is 38.6 Å². The van der Waals surface area contributed by atoms with Crippen molar-refractivity contribution in [2.75, 3.05) is 20.6 Å². The summed E-state index contributed by atoms with van der Waals surface area (Å²) in [5.74, 6) is -0.792. The molecule has 0 atom stereocenters. The van der Waals surface area contributed by atoms with E-state index in [1.165, 1.54) is 38.4 Å². The third-order valence-corrected chi connectivity index (χ3v) is 5.37. The van der Waals surface area contributed by atoms with E-state index in [2.05, 4.69) is 15.6 Å². The summed E-state index contributed by atoms with van der Waals surface area (Å²) in [6.45, 7) is 0.163. The van der Waals surface area contributed by atoms with Crippen molar-refractivity contribution in [2.45, 2.75) is 11.4 Å². The molecule has 0 aliphatic carbocycles. The highest BCUT2D eigenvalue weighted by Crippen LogP contribution is 2.13. The molecule has 0 fully saturated rings. The Morgan fingerprint density at radius 1 is 1.00 bits per heavy atom. The smallest absolute Gasteiger partial charge is 0.251 e. The summed E-state index contributed by atoms with van der Waals surface area (Å²) in [6.07, 6.45) is 3.26. The highest BCUT2D eigenvalue weighted by atomic mass is 32.2. The first kappa shape index (κ1) is 19.5.